The Kier molecular flexibility index (Phi) is 13.3. The van der Waals surface area contributed by atoms with E-state index in [9.17, 15) is 10.5 Å². The Bertz CT molecular complexity index is 1200. The largest absolute Gasteiger partial charge is 0.396 e. The summed E-state index contributed by atoms with van der Waals surface area (Å²) in [4.78, 5) is 2.87. The Morgan fingerprint density at radius 3 is 2.26 bits per heavy atom. The average Bonchev–Trinajstić information content (AvgIpc) is 3.22. The molecule has 1 N–H and O–H groups in total. The van der Waals surface area contributed by atoms with Gasteiger partial charge in [-0.2, -0.15) is 10.5 Å². The molecule has 0 bridgehead atoms. The van der Waals surface area contributed by atoms with Crippen molar-refractivity contribution < 1.29 is 14.6 Å². The van der Waals surface area contributed by atoms with Crippen molar-refractivity contribution in [2.24, 2.45) is 10.2 Å². The van der Waals surface area contributed by atoms with Crippen LogP contribution in [0.1, 0.15) is 68.5 Å². The van der Waals surface area contributed by atoms with Gasteiger partial charge in [-0.05, 0) is 90.1 Å². The minimum Gasteiger partial charge on any atom is -0.396 e. The lowest BCUT2D eigenvalue weighted by Gasteiger charge is -2.37. The highest BCUT2D eigenvalue weighted by molar-refractivity contribution is 7.16. The molecule has 210 valence electrons. The van der Waals surface area contributed by atoms with Gasteiger partial charge >= 0.3 is 0 Å². The normalized spacial score (nSPS) is 14.4. The predicted octanol–water partition coefficient (Wildman–Crippen LogP) is 7.27. The SMILES string of the molecule is C=CC(C)OCCC(C)N(c1ccc(N=Nc2sc(C#N)c(C)c2C#N)c(C)c1)C(C)CCOC(C)CCO. The van der Waals surface area contributed by atoms with Crippen LogP contribution in [-0.2, 0) is 9.47 Å². The van der Waals surface area contributed by atoms with Gasteiger partial charge in [-0.3, -0.25) is 0 Å². The number of hydrogen-bond acceptors (Lipinski definition) is 9. The van der Waals surface area contributed by atoms with Gasteiger partial charge in [0.2, 0.25) is 0 Å². The Labute approximate surface area is 237 Å². The number of aliphatic hydroxyl groups is 1. The molecule has 0 saturated heterocycles. The fourth-order valence-electron chi connectivity index (χ4n) is 4.24. The van der Waals surface area contributed by atoms with Crippen LogP contribution >= 0.6 is 11.3 Å². The Hall–Kier alpha value is -3.08. The van der Waals surface area contributed by atoms with E-state index in [0.29, 0.717) is 46.3 Å². The number of aliphatic hydroxyl groups excluding tert-OH is 1. The van der Waals surface area contributed by atoms with Crippen LogP contribution in [0.5, 0.6) is 0 Å². The lowest BCUT2D eigenvalue weighted by atomic mass is 10.1. The number of rotatable bonds is 16. The smallest absolute Gasteiger partial charge is 0.158 e. The van der Waals surface area contributed by atoms with E-state index in [1.165, 1.54) is 11.3 Å². The Balaban J connectivity index is 2.26. The first-order valence-corrected chi connectivity index (χ1v) is 14.2. The maximum Gasteiger partial charge on any atom is 0.158 e. The van der Waals surface area contributed by atoms with Gasteiger partial charge in [-0.25, -0.2) is 0 Å². The number of aryl methyl sites for hydroxylation is 1. The quantitative estimate of drug-likeness (QED) is 0.173. The topological polar surface area (TPSA) is 114 Å². The van der Waals surface area contributed by atoms with Crippen molar-refractivity contribution in [3.8, 4) is 12.1 Å². The highest BCUT2D eigenvalue weighted by Gasteiger charge is 2.22. The van der Waals surface area contributed by atoms with Crippen molar-refractivity contribution in [1.29, 1.82) is 10.5 Å². The highest BCUT2D eigenvalue weighted by Crippen LogP contribution is 2.36. The third-order valence-corrected chi connectivity index (χ3v) is 7.82. The van der Waals surface area contributed by atoms with Crippen molar-refractivity contribution in [2.75, 3.05) is 24.7 Å². The second-order valence-electron chi connectivity index (χ2n) is 9.82. The molecule has 1 heterocycles. The van der Waals surface area contributed by atoms with Crippen LogP contribution in [0.3, 0.4) is 0 Å². The monoisotopic (exact) mass is 551 g/mol. The van der Waals surface area contributed by atoms with Gasteiger partial charge in [0, 0.05) is 37.6 Å². The van der Waals surface area contributed by atoms with Crippen LogP contribution in [0.25, 0.3) is 0 Å². The summed E-state index contributed by atoms with van der Waals surface area (Å²) in [7, 11) is 0. The third-order valence-electron chi connectivity index (χ3n) is 6.74. The molecule has 0 spiro atoms. The van der Waals surface area contributed by atoms with Gasteiger partial charge < -0.3 is 19.5 Å². The van der Waals surface area contributed by atoms with Gasteiger partial charge in [0.1, 0.15) is 17.0 Å². The van der Waals surface area contributed by atoms with E-state index in [0.717, 1.165) is 24.1 Å². The molecule has 9 heteroatoms. The van der Waals surface area contributed by atoms with Crippen molar-refractivity contribution >= 4 is 27.7 Å². The maximum absolute atomic E-state index is 9.49. The summed E-state index contributed by atoms with van der Waals surface area (Å²) < 4.78 is 11.8. The Morgan fingerprint density at radius 2 is 1.69 bits per heavy atom. The highest BCUT2D eigenvalue weighted by atomic mass is 32.1. The fourth-order valence-corrected chi connectivity index (χ4v) is 5.11. The molecular weight excluding hydrogens is 510 g/mol. The first kappa shape index (κ1) is 32.1. The van der Waals surface area contributed by atoms with Crippen LogP contribution in [0.15, 0.2) is 41.1 Å². The van der Waals surface area contributed by atoms with Gasteiger partial charge in [-0.1, -0.05) is 6.08 Å². The standard InChI is InChI=1S/C30H41N5O3S/c1-8-23(5)37-15-12-21(3)35(22(4)13-16-38-24(6)11-14-36)26-9-10-28(20(2)17-26)33-34-30-27(18-31)25(7)29(19-32)39-30/h8-10,17,21-24,36H,1,11-16H2,2-7H3. The van der Waals surface area contributed by atoms with Gasteiger partial charge in [0.25, 0.3) is 0 Å². The second-order valence-corrected chi connectivity index (χ2v) is 10.8. The number of nitrogens with zero attached hydrogens (tertiary/aromatic N) is 5. The zero-order valence-electron chi connectivity index (χ0n) is 24.0. The molecule has 4 atom stereocenters. The molecule has 0 fully saturated rings. The second kappa shape index (κ2) is 16.1. The van der Waals surface area contributed by atoms with E-state index in [1.54, 1.807) is 13.0 Å². The van der Waals surface area contributed by atoms with Gasteiger partial charge in [-0.15, -0.1) is 28.1 Å². The van der Waals surface area contributed by atoms with Gasteiger partial charge in [0.15, 0.2) is 5.00 Å². The molecule has 0 radical (unpaired) electrons. The third kappa shape index (κ3) is 9.26. The van der Waals surface area contributed by atoms with Crippen LogP contribution in [-0.4, -0.2) is 49.2 Å². The fraction of sp³-hybridized carbons (Fsp3) is 0.533. The molecule has 1 aromatic carbocycles. The van der Waals surface area contributed by atoms with Crippen molar-refractivity contribution in [3.05, 3.63) is 52.4 Å². The molecule has 2 aromatic rings. The van der Waals surface area contributed by atoms with Crippen molar-refractivity contribution in [2.45, 2.75) is 85.1 Å². The molecule has 0 saturated carbocycles. The summed E-state index contributed by atoms with van der Waals surface area (Å²) in [5, 5.41) is 37.1. The summed E-state index contributed by atoms with van der Waals surface area (Å²) in [6.45, 7) is 17.2. The predicted molar refractivity (Wildman–Crippen MR) is 157 cm³/mol. The lowest BCUT2D eigenvalue weighted by Crippen LogP contribution is -2.42. The van der Waals surface area contributed by atoms with Gasteiger partial charge in [0.05, 0.1) is 23.5 Å². The summed E-state index contributed by atoms with van der Waals surface area (Å²) in [5.74, 6) is 0. The van der Waals surface area contributed by atoms with Crippen molar-refractivity contribution in [3.63, 3.8) is 0 Å². The summed E-state index contributed by atoms with van der Waals surface area (Å²) in [5.41, 5.74) is 3.77. The number of hydrogen-bond donors (Lipinski definition) is 1. The first-order valence-electron chi connectivity index (χ1n) is 13.4. The van der Waals surface area contributed by atoms with E-state index < -0.39 is 0 Å². The molecular formula is C30H41N5O3S. The summed E-state index contributed by atoms with van der Waals surface area (Å²) >= 11 is 1.18. The minimum atomic E-state index is 0.00861. The number of thiophene rings is 1. The van der Waals surface area contributed by atoms with E-state index in [4.69, 9.17) is 14.6 Å². The van der Waals surface area contributed by atoms with Crippen LogP contribution in [0.4, 0.5) is 16.4 Å². The number of benzene rings is 1. The molecule has 0 aliphatic rings. The Morgan fingerprint density at radius 1 is 1.03 bits per heavy atom. The molecule has 2 rings (SSSR count). The lowest BCUT2D eigenvalue weighted by molar-refractivity contribution is 0.0438. The number of azo groups is 1. The molecule has 0 aliphatic carbocycles. The molecule has 39 heavy (non-hydrogen) atoms. The van der Waals surface area contributed by atoms with Crippen LogP contribution in [0, 0.1) is 36.5 Å². The number of nitriles is 2. The van der Waals surface area contributed by atoms with E-state index in [2.05, 4.69) is 53.8 Å². The number of anilines is 1. The van der Waals surface area contributed by atoms with Crippen LogP contribution < -0.4 is 4.90 Å². The zero-order valence-corrected chi connectivity index (χ0v) is 24.8. The molecule has 4 unspecified atom stereocenters. The van der Waals surface area contributed by atoms with E-state index in [1.807, 2.05) is 32.9 Å². The molecule has 0 aliphatic heterocycles. The molecule has 0 amide bonds. The van der Waals surface area contributed by atoms with Crippen LogP contribution in [0.2, 0.25) is 0 Å². The zero-order chi connectivity index (χ0) is 28.9. The minimum absolute atomic E-state index is 0.00861. The maximum atomic E-state index is 9.49. The van der Waals surface area contributed by atoms with Crippen molar-refractivity contribution in [1.82, 2.24) is 0 Å². The summed E-state index contributed by atoms with van der Waals surface area (Å²) in [6.07, 6.45) is 4.13. The molecule has 8 nitrogen and oxygen atoms in total. The van der Waals surface area contributed by atoms with E-state index in [-0.39, 0.29) is 30.9 Å². The summed E-state index contributed by atoms with van der Waals surface area (Å²) in [6, 6.07) is 10.7. The van der Waals surface area contributed by atoms with E-state index >= 15 is 0 Å². The number of ether oxygens (including phenoxy) is 2. The molecule has 1 aromatic heterocycles. The first-order chi connectivity index (χ1) is 18.7. The average molecular weight is 552 g/mol.